The molecule has 3 heterocycles. The van der Waals surface area contributed by atoms with Crippen LogP contribution in [0.15, 0.2) is 6.07 Å². The Hall–Kier alpha value is -1.15. The highest BCUT2D eigenvalue weighted by Crippen LogP contribution is 2.29. The third kappa shape index (κ3) is 5.91. The number of hydrogen-bond acceptors (Lipinski definition) is 6. The smallest absolute Gasteiger partial charge is 0.239 e. The van der Waals surface area contributed by atoms with Gasteiger partial charge in [0.05, 0.1) is 19.3 Å². The first kappa shape index (κ1) is 23.9. The molecule has 0 saturated carbocycles. The van der Waals surface area contributed by atoms with Crippen molar-refractivity contribution in [3.63, 3.8) is 0 Å². The van der Waals surface area contributed by atoms with Crippen LogP contribution in [0.3, 0.4) is 0 Å². The summed E-state index contributed by atoms with van der Waals surface area (Å²) in [6, 6.07) is 2.02. The van der Waals surface area contributed by atoms with E-state index in [9.17, 15) is 4.79 Å². The number of carbonyl (C=O) groups excluding carboxylic acids is 1. The molecule has 0 bridgehead atoms. The Kier molecular flexibility index (Phi) is 9.73. The number of anilines is 1. The molecular formula is C18H31Cl2N5O2. The quantitative estimate of drug-likeness (QED) is 0.801. The first-order valence-corrected chi connectivity index (χ1v) is 9.23. The second kappa shape index (κ2) is 11.0. The molecular weight excluding hydrogens is 389 g/mol. The van der Waals surface area contributed by atoms with Crippen LogP contribution in [-0.2, 0) is 9.53 Å². The fraction of sp³-hybridized carbons (Fsp3) is 0.722. The van der Waals surface area contributed by atoms with Gasteiger partial charge in [-0.1, -0.05) is 0 Å². The van der Waals surface area contributed by atoms with Crippen LogP contribution in [0.25, 0.3) is 0 Å². The lowest BCUT2D eigenvalue weighted by atomic mass is 9.92. The molecule has 27 heavy (non-hydrogen) atoms. The number of aromatic nitrogens is 2. The van der Waals surface area contributed by atoms with Crippen LogP contribution in [0.2, 0.25) is 0 Å². The maximum absolute atomic E-state index is 12.3. The average molecular weight is 420 g/mol. The summed E-state index contributed by atoms with van der Waals surface area (Å²) in [5.74, 6) is 2.42. The van der Waals surface area contributed by atoms with E-state index in [1.165, 1.54) is 0 Å². The van der Waals surface area contributed by atoms with Crippen LogP contribution >= 0.6 is 24.8 Å². The molecule has 154 valence electrons. The largest absolute Gasteiger partial charge is 0.378 e. The molecule has 1 amide bonds. The van der Waals surface area contributed by atoms with Crippen LogP contribution in [0.4, 0.5) is 5.82 Å². The molecule has 2 aliphatic heterocycles. The summed E-state index contributed by atoms with van der Waals surface area (Å²) in [6.07, 6.45) is 1.92. The zero-order valence-corrected chi connectivity index (χ0v) is 17.9. The minimum Gasteiger partial charge on any atom is -0.378 e. The lowest BCUT2D eigenvalue weighted by Gasteiger charge is -2.34. The van der Waals surface area contributed by atoms with Crippen molar-refractivity contribution in [2.45, 2.75) is 38.6 Å². The Morgan fingerprint density at radius 1 is 1.19 bits per heavy atom. The van der Waals surface area contributed by atoms with Gasteiger partial charge in [0.15, 0.2) is 0 Å². The van der Waals surface area contributed by atoms with Gasteiger partial charge in [-0.3, -0.25) is 4.79 Å². The van der Waals surface area contributed by atoms with E-state index >= 15 is 0 Å². The molecule has 2 aliphatic rings. The highest BCUT2D eigenvalue weighted by molar-refractivity contribution is 5.85. The molecule has 7 nitrogen and oxygen atoms in total. The fourth-order valence-electron chi connectivity index (χ4n) is 3.53. The molecule has 1 aromatic rings. The van der Waals surface area contributed by atoms with Crippen molar-refractivity contribution in [3.8, 4) is 0 Å². The molecule has 3 rings (SSSR count). The highest BCUT2D eigenvalue weighted by atomic mass is 35.5. The van der Waals surface area contributed by atoms with Crippen molar-refractivity contribution in [2.24, 2.45) is 0 Å². The molecule has 0 aromatic carbocycles. The van der Waals surface area contributed by atoms with Gasteiger partial charge in [-0.25, -0.2) is 9.97 Å². The standard InChI is InChI=1S/C18H29N5O2.2ClH/c1-13(19-3)18(24)23-6-4-15(5-7-23)16-12-17(21-14(2)20-16)22-8-10-25-11-9-22;;/h12-13,15,19H,4-11H2,1-3H3;2*1H/t13-;;/m0../s1. The average Bonchev–Trinajstić information content (AvgIpc) is 2.67. The van der Waals surface area contributed by atoms with Crippen molar-refractivity contribution in [1.82, 2.24) is 20.2 Å². The number of piperidine rings is 1. The number of likely N-dealkylation sites (tertiary alicyclic amines) is 1. The minimum absolute atomic E-state index is 0. The molecule has 1 aromatic heterocycles. The number of morpholine rings is 1. The number of halogens is 2. The van der Waals surface area contributed by atoms with Gasteiger partial charge >= 0.3 is 0 Å². The Balaban J connectivity index is 0.00000182. The number of amides is 1. The minimum atomic E-state index is -0.120. The van der Waals surface area contributed by atoms with Crippen molar-refractivity contribution in [2.75, 3.05) is 51.3 Å². The van der Waals surface area contributed by atoms with Gasteiger partial charge < -0.3 is 19.9 Å². The van der Waals surface area contributed by atoms with E-state index in [4.69, 9.17) is 4.74 Å². The summed E-state index contributed by atoms with van der Waals surface area (Å²) in [5.41, 5.74) is 1.11. The van der Waals surface area contributed by atoms with Crippen molar-refractivity contribution in [3.05, 3.63) is 17.6 Å². The normalized spacial score (nSPS) is 19.1. The molecule has 9 heteroatoms. The summed E-state index contributed by atoms with van der Waals surface area (Å²) in [6.45, 7) is 8.73. The summed E-state index contributed by atoms with van der Waals surface area (Å²) in [5, 5.41) is 3.03. The molecule has 2 fully saturated rings. The van der Waals surface area contributed by atoms with Gasteiger partial charge in [0.1, 0.15) is 11.6 Å². The van der Waals surface area contributed by atoms with Gasteiger partial charge in [-0.2, -0.15) is 0 Å². The number of ether oxygens (including phenoxy) is 1. The molecule has 1 atom stereocenters. The van der Waals surface area contributed by atoms with Gasteiger partial charge in [0, 0.05) is 43.9 Å². The summed E-state index contributed by atoms with van der Waals surface area (Å²) in [4.78, 5) is 25.9. The van der Waals surface area contributed by atoms with Gasteiger partial charge in [0.25, 0.3) is 0 Å². The van der Waals surface area contributed by atoms with Crippen LogP contribution < -0.4 is 10.2 Å². The first-order valence-electron chi connectivity index (χ1n) is 9.23. The van der Waals surface area contributed by atoms with E-state index < -0.39 is 0 Å². The number of likely N-dealkylation sites (N-methyl/N-ethyl adjacent to an activating group) is 1. The second-order valence-corrected chi connectivity index (χ2v) is 6.91. The van der Waals surface area contributed by atoms with Crippen molar-refractivity contribution < 1.29 is 9.53 Å². The summed E-state index contributed by atoms with van der Waals surface area (Å²) in [7, 11) is 1.83. The lowest BCUT2D eigenvalue weighted by Crippen LogP contribution is -2.46. The number of nitrogens with zero attached hydrogens (tertiary/aromatic N) is 4. The molecule has 0 aliphatic carbocycles. The lowest BCUT2D eigenvalue weighted by molar-refractivity contribution is -0.133. The predicted molar refractivity (Wildman–Crippen MR) is 111 cm³/mol. The Morgan fingerprint density at radius 3 is 2.41 bits per heavy atom. The monoisotopic (exact) mass is 419 g/mol. The first-order chi connectivity index (χ1) is 12.1. The third-order valence-electron chi connectivity index (χ3n) is 5.21. The predicted octanol–water partition coefficient (Wildman–Crippen LogP) is 1.78. The topological polar surface area (TPSA) is 70.6 Å². The van der Waals surface area contributed by atoms with Crippen molar-refractivity contribution >= 4 is 36.5 Å². The Bertz CT molecular complexity index is 605. The number of carbonyl (C=O) groups is 1. The van der Waals surface area contributed by atoms with Crippen LogP contribution in [-0.4, -0.2) is 73.3 Å². The third-order valence-corrected chi connectivity index (χ3v) is 5.21. The number of hydrogen-bond donors (Lipinski definition) is 1. The highest BCUT2D eigenvalue weighted by Gasteiger charge is 2.27. The maximum Gasteiger partial charge on any atom is 0.239 e. The number of nitrogens with one attached hydrogen (secondary N) is 1. The van der Waals surface area contributed by atoms with Gasteiger partial charge in [-0.15, -0.1) is 24.8 Å². The second-order valence-electron chi connectivity index (χ2n) is 6.91. The van der Waals surface area contributed by atoms with Crippen molar-refractivity contribution in [1.29, 1.82) is 0 Å². The van der Waals surface area contributed by atoms with E-state index in [-0.39, 0.29) is 36.8 Å². The summed E-state index contributed by atoms with van der Waals surface area (Å²) < 4.78 is 5.43. The maximum atomic E-state index is 12.3. The van der Waals surface area contributed by atoms with Gasteiger partial charge in [0.2, 0.25) is 5.91 Å². The fourth-order valence-corrected chi connectivity index (χ4v) is 3.53. The van der Waals surface area contributed by atoms with E-state index in [1.807, 2.05) is 25.8 Å². The molecule has 0 unspecified atom stereocenters. The molecule has 1 N–H and O–H groups in total. The van der Waals surface area contributed by atoms with E-state index in [2.05, 4.69) is 26.3 Å². The van der Waals surface area contributed by atoms with Crippen LogP contribution in [0.1, 0.15) is 37.2 Å². The Labute approximate surface area is 174 Å². The van der Waals surface area contributed by atoms with E-state index in [0.717, 1.165) is 69.6 Å². The molecule has 2 saturated heterocycles. The van der Waals surface area contributed by atoms with Gasteiger partial charge in [-0.05, 0) is 33.7 Å². The van der Waals surface area contributed by atoms with E-state index in [1.54, 1.807) is 0 Å². The number of aryl methyl sites for hydroxylation is 1. The zero-order chi connectivity index (χ0) is 17.8. The molecule has 0 spiro atoms. The van der Waals surface area contributed by atoms with E-state index in [0.29, 0.717) is 5.92 Å². The molecule has 0 radical (unpaired) electrons. The zero-order valence-electron chi connectivity index (χ0n) is 16.3. The Morgan fingerprint density at radius 2 is 1.81 bits per heavy atom. The van der Waals surface area contributed by atoms with Crippen LogP contribution in [0.5, 0.6) is 0 Å². The summed E-state index contributed by atoms with van der Waals surface area (Å²) >= 11 is 0. The van der Waals surface area contributed by atoms with Crippen LogP contribution in [0, 0.1) is 6.92 Å². The number of rotatable bonds is 4. The SMILES string of the molecule is CN[C@@H](C)C(=O)N1CCC(c2cc(N3CCOCC3)nc(C)n2)CC1.Cl.Cl.